The van der Waals surface area contributed by atoms with Crippen LogP contribution in [0, 0.1) is 6.92 Å². The van der Waals surface area contributed by atoms with Crippen LogP contribution in [0.2, 0.25) is 0 Å². The van der Waals surface area contributed by atoms with Crippen LogP contribution in [0.25, 0.3) is 0 Å². The smallest absolute Gasteiger partial charge is 0.225 e. The molecule has 0 saturated carbocycles. The highest BCUT2D eigenvalue weighted by atomic mass is 16.2. The maximum atomic E-state index is 12.6. The third-order valence-corrected chi connectivity index (χ3v) is 4.41. The molecule has 1 unspecified atom stereocenters. The number of nitrogens with zero attached hydrogens (tertiary/aromatic N) is 2. The summed E-state index contributed by atoms with van der Waals surface area (Å²) in [4.78, 5) is 28.3. The predicted octanol–water partition coefficient (Wildman–Crippen LogP) is 1.73. The van der Waals surface area contributed by atoms with Gasteiger partial charge in [0.1, 0.15) is 0 Å². The molecule has 126 valence electrons. The van der Waals surface area contributed by atoms with Gasteiger partial charge in [0.2, 0.25) is 11.8 Å². The molecule has 0 radical (unpaired) electrons. The molecule has 1 heterocycles. The Hall–Kier alpha value is -1.88. The van der Waals surface area contributed by atoms with Crippen LogP contribution >= 0.6 is 0 Å². The minimum Gasteiger partial charge on any atom is -0.349 e. The number of amides is 2. The zero-order chi connectivity index (χ0) is 16.8. The first-order valence-corrected chi connectivity index (χ1v) is 8.33. The number of piperazine rings is 1. The summed E-state index contributed by atoms with van der Waals surface area (Å²) in [6, 6.07) is 7.73. The average molecular weight is 317 g/mol. The van der Waals surface area contributed by atoms with E-state index in [2.05, 4.69) is 17.1 Å². The monoisotopic (exact) mass is 317 g/mol. The van der Waals surface area contributed by atoms with Crippen molar-refractivity contribution in [2.24, 2.45) is 0 Å². The summed E-state index contributed by atoms with van der Waals surface area (Å²) >= 11 is 0. The third kappa shape index (κ3) is 5.06. The summed E-state index contributed by atoms with van der Waals surface area (Å²) in [5, 5.41) is 2.91. The summed E-state index contributed by atoms with van der Waals surface area (Å²) in [6.45, 7) is 10.1. The summed E-state index contributed by atoms with van der Waals surface area (Å²) in [6.07, 6.45) is 0.314. The van der Waals surface area contributed by atoms with Gasteiger partial charge in [0, 0.05) is 33.1 Å². The van der Waals surface area contributed by atoms with Crippen molar-refractivity contribution in [3.63, 3.8) is 0 Å². The number of hydrogen-bond acceptors (Lipinski definition) is 3. The quantitative estimate of drug-likeness (QED) is 0.900. The maximum Gasteiger partial charge on any atom is 0.225 e. The van der Waals surface area contributed by atoms with Gasteiger partial charge in [0.15, 0.2) is 0 Å². The number of carbonyl (C=O) groups excluding carboxylic acids is 2. The van der Waals surface area contributed by atoms with Gasteiger partial charge in [0.05, 0.1) is 12.5 Å². The van der Waals surface area contributed by atoms with Crippen LogP contribution in [0.5, 0.6) is 0 Å². The lowest BCUT2D eigenvalue weighted by atomic mass is 10.0. The van der Waals surface area contributed by atoms with E-state index in [1.54, 1.807) is 0 Å². The number of carbonyl (C=O) groups is 2. The summed E-state index contributed by atoms with van der Waals surface area (Å²) < 4.78 is 0. The minimum atomic E-state index is -0.259. The molecule has 1 aliphatic heterocycles. The first-order chi connectivity index (χ1) is 11.0. The Balaban J connectivity index is 2.01. The SMILES string of the molecule is CCN1CCN(C(=O)CC(NC(C)=O)c2ccc(C)cc2)CC1. The van der Waals surface area contributed by atoms with Crippen molar-refractivity contribution in [3.05, 3.63) is 35.4 Å². The van der Waals surface area contributed by atoms with Gasteiger partial charge >= 0.3 is 0 Å². The van der Waals surface area contributed by atoms with Crippen molar-refractivity contribution < 1.29 is 9.59 Å². The Morgan fingerprint density at radius 3 is 2.26 bits per heavy atom. The van der Waals surface area contributed by atoms with Gasteiger partial charge in [-0.1, -0.05) is 36.8 Å². The molecule has 0 spiro atoms. The lowest BCUT2D eigenvalue weighted by Crippen LogP contribution is -2.49. The number of benzene rings is 1. The Morgan fingerprint density at radius 2 is 1.74 bits per heavy atom. The topological polar surface area (TPSA) is 52.6 Å². The second-order valence-electron chi connectivity index (χ2n) is 6.18. The fourth-order valence-electron chi connectivity index (χ4n) is 2.91. The van der Waals surface area contributed by atoms with Crippen molar-refractivity contribution in [1.29, 1.82) is 0 Å². The van der Waals surface area contributed by atoms with Crippen LogP contribution in [0.4, 0.5) is 0 Å². The van der Waals surface area contributed by atoms with E-state index in [1.165, 1.54) is 6.92 Å². The molecule has 2 rings (SSSR count). The van der Waals surface area contributed by atoms with Crippen LogP contribution in [0.15, 0.2) is 24.3 Å². The minimum absolute atomic E-state index is 0.111. The van der Waals surface area contributed by atoms with Crippen molar-refractivity contribution in [2.45, 2.75) is 33.2 Å². The summed E-state index contributed by atoms with van der Waals surface area (Å²) in [7, 11) is 0. The number of nitrogens with one attached hydrogen (secondary N) is 1. The van der Waals surface area contributed by atoms with E-state index < -0.39 is 0 Å². The normalized spacial score (nSPS) is 16.9. The Morgan fingerprint density at radius 1 is 1.13 bits per heavy atom. The fraction of sp³-hybridized carbons (Fsp3) is 0.556. The third-order valence-electron chi connectivity index (χ3n) is 4.41. The van der Waals surface area contributed by atoms with E-state index in [4.69, 9.17) is 0 Å². The summed E-state index contributed by atoms with van der Waals surface area (Å²) in [5.74, 6) is -0.000689. The molecule has 1 atom stereocenters. The lowest BCUT2D eigenvalue weighted by Gasteiger charge is -2.34. The van der Waals surface area contributed by atoms with Gasteiger partial charge in [-0.2, -0.15) is 0 Å². The van der Waals surface area contributed by atoms with E-state index in [-0.39, 0.29) is 17.9 Å². The highest BCUT2D eigenvalue weighted by molar-refractivity contribution is 5.79. The van der Waals surface area contributed by atoms with Gasteiger partial charge in [-0.05, 0) is 19.0 Å². The number of aryl methyl sites for hydroxylation is 1. The Kier molecular flexibility index (Phi) is 6.16. The van der Waals surface area contributed by atoms with E-state index >= 15 is 0 Å². The van der Waals surface area contributed by atoms with Crippen molar-refractivity contribution >= 4 is 11.8 Å². The average Bonchev–Trinajstić information content (AvgIpc) is 2.54. The standard InChI is InChI=1S/C18H27N3O2/c1-4-20-9-11-21(12-10-20)18(23)13-17(19-15(3)22)16-7-5-14(2)6-8-16/h5-8,17H,4,9-13H2,1-3H3,(H,19,22). The Bertz CT molecular complexity index is 534. The van der Waals surface area contributed by atoms with Crippen LogP contribution in [0.3, 0.4) is 0 Å². The molecule has 1 fully saturated rings. The molecule has 1 N–H and O–H groups in total. The van der Waals surface area contributed by atoms with Crippen LogP contribution in [-0.2, 0) is 9.59 Å². The zero-order valence-corrected chi connectivity index (χ0v) is 14.3. The van der Waals surface area contributed by atoms with Crippen LogP contribution in [0.1, 0.15) is 37.4 Å². The predicted molar refractivity (Wildman–Crippen MR) is 91.0 cm³/mol. The molecule has 1 aromatic rings. The van der Waals surface area contributed by atoms with Crippen molar-refractivity contribution in [2.75, 3.05) is 32.7 Å². The first kappa shape index (κ1) is 17.5. The molecule has 5 heteroatoms. The lowest BCUT2D eigenvalue weighted by molar-refractivity contribution is -0.133. The molecule has 23 heavy (non-hydrogen) atoms. The molecular weight excluding hydrogens is 290 g/mol. The molecule has 0 bridgehead atoms. The molecule has 5 nitrogen and oxygen atoms in total. The number of hydrogen-bond donors (Lipinski definition) is 1. The van der Waals surface area contributed by atoms with Gasteiger partial charge in [-0.15, -0.1) is 0 Å². The molecule has 0 aromatic heterocycles. The second kappa shape index (κ2) is 8.11. The van der Waals surface area contributed by atoms with Gasteiger partial charge in [0.25, 0.3) is 0 Å². The number of likely N-dealkylation sites (N-methyl/N-ethyl adjacent to an activating group) is 1. The Labute approximate surface area is 138 Å². The van der Waals surface area contributed by atoms with Crippen LogP contribution in [-0.4, -0.2) is 54.3 Å². The highest BCUT2D eigenvalue weighted by Gasteiger charge is 2.24. The van der Waals surface area contributed by atoms with E-state index in [0.29, 0.717) is 6.42 Å². The highest BCUT2D eigenvalue weighted by Crippen LogP contribution is 2.19. The first-order valence-electron chi connectivity index (χ1n) is 8.33. The molecule has 2 amide bonds. The van der Waals surface area contributed by atoms with Gasteiger partial charge in [-0.3, -0.25) is 9.59 Å². The molecule has 1 aromatic carbocycles. The second-order valence-corrected chi connectivity index (χ2v) is 6.18. The molecule has 1 aliphatic rings. The largest absolute Gasteiger partial charge is 0.349 e. The molecule has 0 aliphatic carbocycles. The van der Waals surface area contributed by atoms with Gasteiger partial charge < -0.3 is 15.1 Å². The fourth-order valence-corrected chi connectivity index (χ4v) is 2.91. The maximum absolute atomic E-state index is 12.6. The number of rotatable bonds is 5. The zero-order valence-electron chi connectivity index (χ0n) is 14.3. The van der Waals surface area contributed by atoms with Gasteiger partial charge in [-0.25, -0.2) is 0 Å². The van der Waals surface area contributed by atoms with Crippen molar-refractivity contribution in [3.8, 4) is 0 Å². The van der Waals surface area contributed by atoms with Crippen LogP contribution < -0.4 is 5.32 Å². The molecule has 1 saturated heterocycles. The molecular formula is C18H27N3O2. The van der Waals surface area contributed by atoms with E-state index in [1.807, 2.05) is 36.1 Å². The van der Waals surface area contributed by atoms with E-state index in [0.717, 1.165) is 43.9 Å². The summed E-state index contributed by atoms with van der Waals surface area (Å²) in [5.41, 5.74) is 2.14. The van der Waals surface area contributed by atoms with E-state index in [9.17, 15) is 9.59 Å². The van der Waals surface area contributed by atoms with Crippen molar-refractivity contribution in [1.82, 2.24) is 15.1 Å².